The molecule has 2 N–H and O–H groups in total. The fourth-order valence-corrected chi connectivity index (χ4v) is 2.71. The standard InChI is InChI=1S/C15H19BClNO5/c1-3-5-13(19)18-12-7-9-6-10(17)8-11(15(20)22-4-2)14(9)23-16(12)21/h6,8,12,21H,3-5,7H2,1-2H3,(H,18,19)/t12-/m0/s1. The first kappa shape index (κ1) is 17.6. The molecule has 0 aromatic heterocycles. The maximum Gasteiger partial charge on any atom is 0.547 e. The van der Waals surface area contributed by atoms with E-state index < -0.39 is 19.0 Å². The lowest BCUT2D eigenvalue weighted by Crippen LogP contribution is -2.53. The molecule has 1 aromatic rings. The van der Waals surface area contributed by atoms with E-state index in [4.69, 9.17) is 21.0 Å². The zero-order valence-corrected chi connectivity index (χ0v) is 13.9. The second-order valence-electron chi connectivity index (χ2n) is 5.30. The topological polar surface area (TPSA) is 84.9 Å². The van der Waals surface area contributed by atoms with Gasteiger partial charge in [0.05, 0.1) is 12.5 Å². The molecule has 0 saturated carbocycles. The summed E-state index contributed by atoms with van der Waals surface area (Å²) in [5.74, 6) is -1.06. The molecule has 0 radical (unpaired) electrons. The molecule has 0 fully saturated rings. The summed E-state index contributed by atoms with van der Waals surface area (Å²) in [6.07, 6.45) is 1.41. The Balaban J connectivity index is 2.26. The van der Waals surface area contributed by atoms with Crippen molar-refractivity contribution >= 4 is 30.6 Å². The van der Waals surface area contributed by atoms with Crippen molar-refractivity contribution in [3.63, 3.8) is 0 Å². The lowest BCUT2D eigenvalue weighted by atomic mass is 9.72. The normalized spacial score (nSPS) is 16.3. The quantitative estimate of drug-likeness (QED) is 0.631. The van der Waals surface area contributed by atoms with E-state index in [0.29, 0.717) is 29.8 Å². The van der Waals surface area contributed by atoms with Gasteiger partial charge in [0.25, 0.3) is 0 Å². The van der Waals surface area contributed by atoms with Crippen molar-refractivity contribution in [1.82, 2.24) is 5.32 Å². The number of halogens is 1. The molecule has 1 aliphatic rings. The van der Waals surface area contributed by atoms with Gasteiger partial charge in [0, 0.05) is 11.4 Å². The molecule has 0 saturated heterocycles. The number of nitrogens with one attached hydrogen (secondary N) is 1. The van der Waals surface area contributed by atoms with Crippen LogP contribution in [-0.2, 0) is 16.0 Å². The first-order chi connectivity index (χ1) is 11.0. The molecular weight excluding hydrogens is 320 g/mol. The largest absolute Gasteiger partial charge is 0.547 e. The lowest BCUT2D eigenvalue weighted by molar-refractivity contribution is -0.121. The van der Waals surface area contributed by atoms with Gasteiger partial charge in [0.2, 0.25) is 5.91 Å². The monoisotopic (exact) mass is 339 g/mol. The molecule has 124 valence electrons. The van der Waals surface area contributed by atoms with E-state index in [1.807, 2.05) is 6.92 Å². The predicted octanol–water partition coefficient (Wildman–Crippen LogP) is 1.76. The molecule has 2 rings (SSSR count). The summed E-state index contributed by atoms with van der Waals surface area (Å²) in [5, 5.41) is 13.2. The Morgan fingerprint density at radius 1 is 1.48 bits per heavy atom. The fourth-order valence-electron chi connectivity index (χ4n) is 2.47. The Morgan fingerprint density at radius 3 is 2.87 bits per heavy atom. The number of esters is 1. The van der Waals surface area contributed by atoms with E-state index in [1.54, 1.807) is 13.0 Å². The Labute approximate surface area is 140 Å². The van der Waals surface area contributed by atoms with Crippen LogP contribution in [0.4, 0.5) is 0 Å². The SMILES string of the molecule is CCCC(=O)N[C@H]1Cc2cc(Cl)cc(C(=O)OCC)c2OB1O. The van der Waals surface area contributed by atoms with Gasteiger partial charge in [-0.05, 0) is 37.5 Å². The van der Waals surface area contributed by atoms with Crippen LogP contribution in [0.15, 0.2) is 12.1 Å². The van der Waals surface area contributed by atoms with Crippen molar-refractivity contribution in [2.45, 2.75) is 39.1 Å². The first-order valence-corrected chi connectivity index (χ1v) is 7.97. The van der Waals surface area contributed by atoms with Crippen molar-refractivity contribution in [3.8, 4) is 5.75 Å². The van der Waals surface area contributed by atoms with Crippen molar-refractivity contribution in [2.24, 2.45) is 0 Å². The van der Waals surface area contributed by atoms with Gasteiger partial charge in [-0.3, -0.25) is 4.79 Å². The van der Waals surface area contributed by atoms with Gasteiger partial charge in [0.15, 0.2) is 0 Å². The van der Waals surface area contributed by atoms with Crippen LogP contribution in [0.2, 0.25) is 5.02 Å². The Kier molecular flexibility index (Phi) is 5.90. The van der Waals surface area contributed by atoms with Crippen LogP contribution >= 0.6 is 11.6 Å². The highest BCUT2D eigenvalue weighted by molar-refractivity contribution is 6.47. The van der Waals surface area contributed by atoms with Crippen LogP contribution in [0.25, 0.3) is 0 Å². The highest BCUT2D eigenvalue weighted by Gasteiger charge is 2.38. The number of hydrogen-bond donors (Lipinski definition) is 2. The lowest BCUT2D eigenvalue weighted by Gasteiger charge is -2.29. The van der Waals surface area contributed by atoms with Gasteiger partial charge in [-0.2, -0.15) is 0 Å². The smallest absolute Gasteiger partial charge is 0.534 e. The van der Waals surface area contributed by atoms with E-state index in [-0.39, 0.29) is 23.8 Å². The van der Waals surface area contributed by atoms with Crippen LogP contribution in [0.5, 0.6) is 5.75 Å². The van der Waals surface area contributed by atoms with Gasteiger partial charge in [-0.25, -0.2) is 4.79 Å². The molecule has 1 amide bonds. The van der Waals surface area contributed by atoms with E-state index in [2.05, 4.69) is 5.32 Å². The second-order valence-corrected chi connectivity index (χ2v) is 5.74. The number of carbonyl (C=O) groups excluding carboxylic acids is 2. The molecule has 0 unspecified atom stereocenters. The van der Waals surface area contributed by atoms with Crippen LogP contribution in [-0.4, -0.2) is 36.6 Å². The highest BCUT2D eigenvalue weighted by atomic mass is 35.5. The third-order valence-electron chi connectivity index (χ3n) is 3.47. The number of rotatable bonds is 5. The number of fused-ring (bicyclic) bond motifs is 1. The third kappa shape index (κ3) is 4.17. The molecule has 1 heterocycles. The minimum atomic E-state index is -1.24. The summed E-state index contributed by atoms with van der Waals surface area (Å²) in [5.41, 5.74) is 0.819. The maximum atomic E-state index is 12.0. The van der Waals surface area contributed by atoms with Gasteiger partial charge in [-0.15, -0.1) is 0 Å². The first-order valence-electron chi connectivity index (χ1n) is 7.59. The molecule has 1 atom stereocenters. The average Bonchev–Trinajstić information content (AvgIpc) is 2.48. The minimum absolute atomic E-state index is 0.156. The molecule has 0 bridgehead atoms. The second kappa shape index (κ2) is 7.70. The van der Waals surface area contributed by atoms with Gasteiger partial charge >= 0.3 is 13.1 Å². The van der Waals surface area contributed by atoms with Gasteiger partial charge in [-0.1, -0.05) is 18.5 Å². The predicted molar refractivity (Wildman–Crippen MR) is 86.6 cm³/mol. The molecule has 0 aliphatic carbocycles. The van der Waals surface area contributed by atoms with Crippen LogP contribution in [0, 0.1) is 0 Å². The summed E-state index contributed by atoms with van der Waals surface area (Å²) >= 11 is 6.05. The van der Waals surface area contributed by atoms with Gasteiger partial charge in [0.1, 0.15) is 11.3 Å². The summed E-state index contributed by atoms with van der Waals surface area (Å²) in [4.78, 5) is 23.7. The number of ether oxygens (including phenoxy) is 1. The number of benzene rings is 1. The van der Waals surface area contributed by atoms with Crippen molar-refractivity contribution in [2.75, 3.05) is 6.61 Å². The fraction of sp³-hybridized carbons (Fsp3) is 0.467. The highest BCUT2D eigenvalue weighted by Crippen LogP contribution is 2.33. The van der Waals surface area contributed by atoms with E-state index in [1.165, 1.54) is 6.07 Å². The summed E-state index contributed by atoms with van der Waals surface area (Å²) in [7, 11) is -1.24. The molecule has 1 aromatic carbocycles. The molecule has 23 heavy (non-hydrogen) atoms. The number of amides is 1. The van der Waals surface area contributed by atoms with Crippen LogP contribution in [0.1, 0.15) is 42.6 Å². The zero-order chi connectivity index (χ0) is 17.0. The molecule has 8 heteroatoms. The van der Waals surface area contributed by atoms with E-state index >= 15 is 0 Å². The Hall–Kier alpha value is -1.73. The Bertz CT molecular complexity index is 610. The molecular formula is C15H19BClNO5. The Morgan fingerprint density at radius 2 is 2.22 bits per heavy atom. The average molecular weight is 340 g/mol. The summed E-state index contributed by atoms with van der Waals surface area (Å²) in [6, 6.07) is 3.10. The zero-order valence-electron chi connectivity index (χ0n) is 13.1. The molecule has 1 aliphatic heterocycles. The third-order valence-corrected chi connectivity index (χ3v) is 3.69. The maximum absolute atomic E-state index is 12.0. The van der Waals surface area contributed by atoms with Crippen molar-refractivity contribution in [3.05, 3.63) is 28.3 Å². The van der Waals surface area contributed by atoms with Crippen LogP contribution in [0.3, 0.4) is 0 Å². The van der Waals surface area contributed by atoms with E-state index in [0.717, 1.165) is 0 Å². The molecule has 0 spiro atoms. The van der Waals surface area contributed by atoms with Crippen LogP contribution < -0.4 is 9.97 Å². The number of carbonyl (C=O) groups is 2. The van der Waals surface area contributed by atoms with E-state index in [9.17, 15) is 14.6 Å². The minimum Gasteiger partial charge on any atom is -0.534 e. The molecule has 6 nitrogen and oxygen atoms in total. The number of hydrogen-bond acceptors (Lipinski definition) is 5. The van der Waals surface area contributed by atoms with Crippen molar-refractivity contribution < 1.29 is 24.0 Å². The van der Waals surface area contributed by atoms with Gasteiger partial charge < -0.3 is 19.7 Å². The summed E-state index contributed by atoms with van der Waals surface area (Å²) in [6.45, 7) is 3.82. The van der Waals surface area contributed by atoms with Crippen molar-refractivity contribution in [1.29, 1.82) is 0 Å². The summed E-state index contributed by atoms with van der Waals surface area (Å²) < 4.78 is 10.4.